The third-order valence-corrected chi connectivity index (χ3v) is 2.10. The van der Waals surface area contributed by atoms with Gasteiger partial charge in [0.2, 0.25) is 0 Å². The number of nitrogens with zero attached hydrogens (tertiary/aromatic N) is 1. The van der Waals surface area contributed by atoms with Gasteiger partial charge in [-0.1, -0.05) is 0 Å². The molecule has 45 valence electrons. The van der Waals surface area contributed by atoms with Crippen molar-refractivity contribution < 1.29 is 9.35 Å². The van der Waals surface area contributed by atoms with E-state index in [9.17, 15) is 9.35 Å². The highest BCUT2D eigenvalue weighted by Gasteiger charge is 2.19. The van der Waals surface area contributed by atoms with Gasteiger partial charge in [-0.3, -0.25) is 4.79 Å². The number of carbonyl (C=O) groups excluding carboxylic acids is 1. The third kappa shape index (κ3) is 1.38. The average molecular weight is 132 g/mol. The molecule has 0 saturated carbocycles. The van der Waals surface area contributed by atoms with Gasteiger partial charge in [0.15, 0.2) is 5.75 Å². The van der Waals surface area contributed by atoms with Crippen LogP contribution in [0.15, 0.2) is 0 Å². The fraction of sp³-hybridized carbons (Fsp3) is 0.750. The van der Waals surface area contributed by atoms with Crippen LogP contribution in [0.25, 0.3) is 0 Å². The maximum atomic E-state index is 10.5. The van der Waals surface area contributed by atoms with Gasteiger partial charge in [-0.15, -0.1) is 0 Å². The molecule has 3 nitrogen and oxygen atoms in total. The van der Waals surface area contributed by atoms with Crippen molar-refractivity contribution in [3.8, 4) is 0 Å². The molecule has 1 amide bonds. The number of carbonyl (C=O) groups is 1. The van der Waals surface area contributed by atoms with Crippen molar-refractivity contribution in [1.29, 1.82) is 0 Å². The molecule has 0 aromatic heterocycles. The summed E-state index contributed by atoms with van der Waals surface area (Å²) in [7, 11) is 0. The highest BCUT2D eigenvalue weighted by molar-refractivity contribution is 7.92. The van der Waals surface area contributed by atoms with Crippen LogP contribution in [0.5, 0.6) is 0 Å². The van der Waals surface area contributed by atoms with Crippen molar-refractivity contribution in [2.24, 2.45) is 0 Å². The Labute approximate surface area is 50.6 Å². The Hall–Kier alpha value is -0.220. The van der Waals surface area contributed by atoms with Crippen molar-refractivity contribution in [3.05, 3.63) is 0 Å². The molecule has 8 heavy (non-hydrogen) atoms. The summed E-state index contributed by atoms with van der Waals surface area (Å²) in [5.41, 5.74) is 0. The van der Waals surface area contributed by atoms with Crippen molar-refractivity contribution >= 4 is 17.1 Å². The number of hydrogen-bond donors (Lipinski definition) is 0. The normalized spacial score (nSPS) is 29.6. The van der Waals surface area contributed by atoms with E-state index in [0.717, 1.165) is 0 Å². The van der Waals surface area contributed by atoms with Gasteiger partial charge in [0.25, 0.3) is 5.91 Å². The lowest BCUT2D eigenvalue weighted by Gasteiger charge is -2.13. The molecule has 1 aliphatic heterocycles. The van der Waals surface area contributed by atoms with Crippen LogP contribution < -0.4 is 5.32 Å². The largest absolute Gasteiger partial charge is 0.616 e. The van der Waals surface area contributed by atoms with E-state index in [2.05, 4.69) is 5.32 Å². The summed E-state index contributed by atoms with van der Waals surface area (Å²) >= 11 is -0.914. The summed E-state index contributed by atoms with van der Waals surface area (Å²) in [4.78, 5) is 10.3. The predicted octanol–water partition coefficient (Wildman–Crippen LogP) is -1.12. The van der Waals surface area contributed by atoms with Crippen LogP contribution >= 0.6 is 0 Å². The first-order valence-electron chi connectivity index (χ1n) is 2.34. The van der Waals surface area contributed by atoms with Gasteiger partial charge in [0.1, 0.15) is 5.75 Å². The molecule has 1 rings (SSSR count). The quantitative estimate of drug-likeness (QED) is 0.392. The molecule has 1 aliphatic rings. The lowest BCUT2D eigenvalue weighted by atomic mass is 10.6. The monoisotopic (exact) mass is 132 g/mol. The van der Waals surface area contributed by atoms with E-state index in [1.54, 1.807) is 0 Å². The first-order valence-corrected chi connectivity index (χ1v) is 3.83. The molecule has 1 heterocycles. The predicted molar refractivity (Wildman–Crippen MR) is 29.9 cm³/mol. The molecule has 0 aromatic rings. The van der Waals surface area contributed by atoms with Gasteiger partial charge in [0.05, 0.1) is 6.54 Å². The molecule has 1 unspecified atom stereocenters. The lowest BCUT2D eigenvalue weighted by molar-refractivity contribution is -0.119. The second-order valence-electron chi connectivity index (χ2n) is 1.56. The van der Waals surface area contributed by atoms with Crippen molar-refractivity contribution in [2.75, 3.05) is 18.1 Å². The van der Waals surface area contributed by atoms with E-state index in [0.29, 0.717) is 12.3 Å². The lowest BCUT2D eigenvalue weighted by Crippen LogP contribution is -2.36. The number of rotatable bonds is 0. The van der Waals surface area contributed by atoms with Gasteiger partial charge in [0, 0.05) is 0 Å². The highest BCUT2D eigenvalue weighted by Crippen LogP contribution is 1.94. The molecule has 0 aliphatic carbocycles. The molecule has 1 atom stereocenters. The summed E-state index contributed by atoms with van der Waals surface area (Å²) in [6.45, 7) is 0.450. The maximum absolute atomic E-state index is 10.5. The minimum absolute atomic E-state index is 0.139. The molecule has 0 spiro atoms. The minimum atomic E-state index is -0.914. The van der Waals surface area contributed by atoms with Crippen LogP contribution in [0.3, 0.4) is 0 Å². The zero-order valence-corrected chi connectivity index (χ0v) is 5.11. The van der Waals surface area contributed by atoms with E-state index in [-0.39, 0.29) is 11.7 Å². The molecule has 0 aromatic carbocycles. The third-order valence-electron chi connectivity index (χ3n) is 0.892. The Morgan fingerprint density at radius 2 is 2.50 bits per heavy atom. The van der Waals surface area contributed by atoms with Crippen LogP contribution in [-0.2, 0) is 16.0 Å². The Balaban J connectivity index is 2.34. The summed E-state index contributed by atoms with van der Waals surface area (Å²) in [6.07, 6.45) is 0. The molecule has 1 radical (unpaired) electrons. The van der Waals surface area contributed by atoms with Crippen molar-refractivity contribution in [1.82, 2.24) is 5.32 Å². The fourth-order valence-electron chi connectivity index (χ4n) is 0.528. The van der Waals surface area contributed by atoms with Crippen LogP contribution in [0.2, 0.25) is 0 Å². The zero-order valence-electron chi connectivity index (χ0n) is 4.29. The molecular weight excluding hydrogens is 126 g/mol. The van der Waals surface area contributed by atoms with Crippen molar-refractivity contribution in [3.63, 3.8) is 0 Å². The van der Waals surface area contributed by atoms with E-state index in [1.165, 1.54) is 0 Å². The molecule has 0 N–H and O–H groups in total. The Bertz CT molecular complexity index is 106. The highest BCUT2D eigenvalue weighted by atomic mass is 32.2. The summed E-state index contributed by atoms with van der Waals surface area (Å²) in [5.74, 6) is 0.487. The topological polar surface area (TPSA) is 54.2 Å². The van der Waals surface area contributed by atoms with E-state index >= 15 is 0 Å². The first kappa shape index (κ1) is 5.91. The summed E-state index contributed by atoms with van der Waals surface area (Å²) in [6, 6.07) is 0. The first-order chi connectivity index (χ1) is 3.79. The van der Waals surface area contributed by atoms with Gasteiger partial charge in [-0.25, -0.2) is 5.32 Å². The molecule has 1 fully saturated rings. The van der Waals surface area contributed by atoms with E-state index in [4.69, 9.17) is 0 Å². The zero-order chi connectivity index (χ0) is 5.98. The van der Waals surface area contributed by atoms with E-state index in [1.807, 2.05) is 0 Å². The summed E-state index contributed by atoms with van der Waals surface area (Å²) < 4.78 is 10.5. The second-order valence-corrected chi connectivity index (χ2v) is 3.14. The van der Waals surface area contributed by atoms with Gasteiger partial charge < -0.3 is 4.55 Å². The number of hydrogen-bond acceptors (Lipinski definition) is 2. The van der Waals surface area contributed by atoms with Crippen LogP contribution in [0.1, 0.15) is 0 Å². The van der Waals surface area contributed by atoms with Crippen molar-refractivity contribution in [2.45, 2.75) is 0 Å². The van der Waals surface area contributed by atoms with Crippen LogP contribution in [0, 0.1) is 0 Å². The minimum Gasteiger partial charge on any atom is -0.616 e. The maximum Gasteiger partial charge on any atom is 0.291 e. The average Bonchev–Trinajstić information content (AvgIpc) is 1.64. The molecule has 1 saturated heterocycles. The SMILES string of the molecule is O=C1C[S+]([O-])CC[N]1. The van der Waals surface area contributed by atoms with Gasteiger partial charge >= 0.3 is 0 Å². The van der Waals surface area contributed by atoms with Crippen LogP contribution in [0.4, 0.5) is 0 Å². The smallest absolute Gasteiger partial charge is 0.291 e. The van der Waals surface area contributed by atoms with Gasteiger partial charge in [-0.05, 0) is 11.2 Å². The van der Waals surface area contributed by atoms with E-state index < -0.39 is 11.2 Å². The second kappa shape index (κ2) is 2.37. The Kier molecular flexibility index (Phi) is 1.75. The summed E-state index contributed by atoms with van der Waals surface area (Å²) in [5, 5.41) is 3.55. The Morgan fingerprint density at radius 1 is 1.75 bits per heavy atom. The standard InChI is InChI=1S/C4H6NO2S/c6-4-3-8(7)2-1-5-4/h1-3H2. The van der Waals surface area contributed by atoms with Gasteiger partial charge in [-0.2, -0.15) is 0 Å². The molecule has 4 heteroatoms. The van der Waals surface area contributed by atoms with Crippen LogP contribution in [-0.4, -0.2) is 28.5 Å². The number of amides is 1. The molecule has 0 bridgehead atoms. The Morgan fingerprint density at radius 3 is 2.88 bits per heavy atom. The molecular formula is C4H6NO2S. The fourth-order valence-corrected chi connectivity index (χ4v) is 1.33.